The molecule has 1 saturated carbocycles. The second-order valence-electron chi connectivity index (χ2n) is 6.54. The number of H-pyrrole nitrogens is 1. The van der Waals surface area contributed by atoms with Crippen molar-refractivity contribution in [3.8, 4) is 0 Å². The summed E-state index contributed by atoms with van der Waals surface area (Å²) in [7, 11) is 0. The average molecular weight is 333 g/mol. The minimum absolute atomic E-state index is 0.0527. The molecule has 2 heterocycles. The van der Waals surface area contributed by atoms with Crippen LogP contribution in [0.1, 0.15) is 37.9 Å². The number of imidazole rings is 1. The van der Waals surface area contributed by atoms with E-state index in [2.05, 4.69) is 20.2 Å². The number of benzene rings is 1. The number of fused-ring (bicyclic) bond motifs is 1. The Morgan fingerprint density at radius 3 is 2.91 bits per heavy atom. The molecule has 1 aliphatic heterocycles. The molecule has 0 radical (unpaired) electrons. The number of aromatic nitrogens is 2. The molecular weight excluding hydrogens is 312 g/mol. The largest absolute Gasteiger partial charge is 0.348 e. The first-order valence-electron chi connectivity index (χ1n) is 8.38. The first-order valence-corrected chi connectivity index (χ1v) is 8.76. The summed E-state index contributed by atoms with van der Waals surface area (Å²) in [6.07, 6.45) is 6.06. The normalized spacial score (nSPS) is 22.4. The summed E-state index contributed by atoms with van der Waals surface area (Å²) in [5.41, 5.74) is 1.77. The van der Waals surface area contributed by atoms with Gasteiger partial charge in [0.05, 0.1) is 23.6 Å². The highest BCUT2D eigenvalue weighted by molar-refractivity contribution is 6.31. The number of amides is 1. The molecule has 1 saturated heterocycles. The molecule has 2 fully saturated rings. The van der Waals surface area contributed by atoms with Crippen LogP contribution in [0.25, 0.3) is 11.0 Å². The molecule has 1 atom stereocenters. The third-order valence-corrected chi connectivity index (χ3v) is 5.32. The smallest absolute Gasteiger partial charge is 0.237 e. The number of aromatic amines is 1. The molecule has 1 aromatic heterocycles. The Bertz CT molecular complexity index is 722. The van der Waals surface area contributed by atoms with E-state index in [1.165, 1.54) is 25.7 Å². The Hall–Kier alpha value is -1.59. The Kier molecular flexibility index (Phi) is 3.99. The number of nitrogens with one attached hydrogen (secondary N) is 2. The van der Waals surface area contributed by atoms with Crippen molar-refractivity contribution in [3.63, 3.8) is 0 Å². The number of nitrogens with zero attached hydrogens (tertiary/aromatic N) is 2. The van der Waals surface area contributed by atoms with E-state index >= 15 is 0 Å². The van der Waals surface area contributed by atoms with Crippen LogP contribution in [-0.2, 0) is 11.3 Å². The average Bonchev–Trinajstić information content (AvgIpc) is 3.12. The molecule has 1 unspecified atom stereocenters. The van der Waals surface area contributed by atoms with Crippen molar-refractivity contribution in [1.82, 2.24) is 20.2 Å². The summed E-state index contributed by atoms with van der Waals surface area (Å²) >= 11 is 5.98. The van der Waals surface area contributed by atoms with Gasteiger partial charge in [0.25, 0.3) is 0 Å². The summed E-state index contributed by atoms with van der Waals surface area (Å²) in [5.74, 6) is 0.893. The lowest BCUT2D eigenvalue weighted by Gasteiger charge is -2.43. The van der Waals surface area contributed by atoms with Crippen LogP contribution in [0.4, 0.5) is 0 Å². The predicted molar refractivity (Wildman–Crippen MR) is 90.3 cm³/mol. The zero-order chi connectivity index (χ0) is 15.8. The van der Waals surface area contributed by atoms with Gasteiger partial charge in [0.15, 0.2) is 0 Å². The topological polar surface area (TPSA) is 61.0 Å². The standard InChI is InChI=1S/C17H21ClN4O/c18-11-5-6-13-14(9-11)21-16(20-13)10-19-17(23)15-7-8-22(15)12-3-1-2-4-12/h5-6,9,12,15H,1-4,7-8,10H2,(H,19,23)(H,20,21). The van der Waals surface area contributed by atoms with Gasteiger partial charge in [-0.1, -0.05) is 24.4 Å². The van der Waals surface area contributed by atoms with E-state index in [0.29, 0.717) is 17.6 Å². The molecule has 5 nitrogen and oxygen atoms in total. The van der Waals surface area contributed by atoms with Crippen molar-refractivity contribution in [2.24, 2.45) is 0 Å². The van der Waals surface area contributed by atoms with Gasteiger partial charge in [0.1, 0.15) is 5.82 Å². The van der Waals surface area contributed by atoms with Gasteiger partial charge in [-0.3, -0.25) is 9.69 Å². The Labute approximate surface area is 140 Å². The van der Waals surface area contributed by atoms with Crippen molar-refractivity contribution in [1.29, 1.82) is 0 Å². The van der Waals surface area contributed by atoms with E-state index in [9.17, 15) is 4.79 Å². The molecule has 4 rings (SSSR count). The molecule has 2 aliphatic rings. The van der Waals surface area contributed by atoms with E-state index in [-0.39, 0.29) is 11.9 Å². The lowest BCUT2D eigenvalue weighted by molar-refractivity contribution is -0.132. The highest BCUT2D eigenvalue weighted by atomic mass is 35.5. The lowest BCUT2D eigenvalue weighted by Crippen LogP contribution is -2.59. The van der Waals surface area contributed by atoms with Crippen LogP contribution < -0.4 is 5.32 Å². The van der Waals surface area contributed by atoms with E-state index in [1.54, 1.807) is 0 Å². The van der Waals surface area contributed by atoms with Gasteiger partial charge in [0.2, 0.25) is 5.91 Å². The van der Waals surface area contributed by atoms with Crippen LogP contribution in [-0.4, -0.2) is 39.4 Å². The number of carbonyl (C=O) groups is 1. The monoisotopic (exact) mass is 332 g/mol. The second kappa shape index (κ2) is 6.13. The first-order chi connectivity index (χ1) is 11.2. The summed E-state index contributed by atoms with van der Waals surface area (Å²) in [5, 5.41) is 3.70. The maximum absolute atomic E-state index is 12.4. The van der Waals surface area contributed by atoms with E-state index < -0.39 is 0 Å². The Morgan fingerprint density at radius 2 is 2.17 bits per heavy atom. The second-order valence-corrected chi connectivity index (χ2v) is 6.98. The SMILES string of the molecule is O=C(NCc1nc2ccc(Cl)cc2[nH]1)C1CCN1C1CCCC1. The zero-order valence-electron chi connectivity index (χ0n) is 13.0. The van der Waals surface area contributed by atoms with Crippen LogP contribution in [0.2, 0.25) is 5.02 Å². The minimum atomic E-state index is 0.0527. The third kappa shape index (κ3) is 2.95. The lowest BCUT2D eigenvalue weighted by atomic mass is 9.98. The van der Waals surface area contributed by atoms with E-state index in [1.807, 2.05) is 18.2 Å². The van der Waals surface area contributed by atoms with Gasteiger partial charge in [0, 0.05) is 17.6 Å². The van der Waals surface area contributed by atoms with Crippen molar-refractivity contribution in [2.75, 3.05) is 6.54 Å². The molecule has 2 N–H and O–H groups in total. The zero-order valence-corrected chi connectivity index (χ0v) is 13.8. The molecule has 0 bridgehead atoms. The molecule has 23 heavy (non-hydrogen) atoms. The van der Waals surface area contributed by atoms with Crippen LogP contribution in [0.3, 0.4) is 0 Å². The Morgan fingerprint density at radius 1 is 1.35 bits per heavy atom. The molecule has 1 aliphatic carbocycles. The number of halogens is 1. The first kappa shape index (κ1) is 15.0. The van der Waals surface area contributed by atoms with Gasteiger partial charge in [-0.25, -0.2) is 4.98 Å². The highest BCUT2D eigenvalue weighted by Gasteiger charge is 2.39. The molecule has 6 heteroatoms. The summed E-state index contributed by atoms with van der Waals surface area (Å²) in [6.45, 7) is 1.49. The van der Waals surface area contributed by atoms with Gasteiger partial charge in [-0.2, -0.15) is 0 Å². The number of hydrogen-bond donors (Lipinski definition) is 2. The van der Waals surface area contributed by atoms with Gasteiger partial charge in [-0.05, 0) is 37.5 Å². The number of rotatable bonds is 4. The van der Waals surface area contributed by atoms with Gasteiger partial charge in [-0.15, -0.1) is 0 Å². The molecule has 1 aromatic carbocycles. The van der Waals surface area contributed by atoms with Crippen molar-refractivity contribution in [2.45, 2.75) is 50.7 Å². The maximum Gasteiger partial charge on any atom is 0.237 e. The van der Waals surface area contributed by atoms with E-state index in [4.69, 9.17) is 11.6 Å². The number of likely N-dealkylation sites (tertiary alicyclic amines) is 1. The summed E-state index contributed by atoms with van der Waals surface area (Å²) in [6, 6.07) is 6.22. The molecule has 0 spiro atoms. The summed E-state index contributed by atoms with van der Waals surface area (Å²) in [4.78, 5) is 22.5. The number of hydrogen-bond acceptors (Lipinski definition) is 3. The van der Waals surface area contributed by atoms with Gasteiger partial charge >= 0.3 is 0 Å². The van der Waals surface area contributed by atoms with Crippen molar-refractivity contribution >= 4 is 28.5 Å². The minimum Gasteiger partial charge on any atom is -0.348 e. The van der Waals surface area contributed by atoms with Gasteiger partial charge < -0.3 is 10.3 Å². The number of carbonyl (C=O) groups excluding carboxylic acids is 1. The fraction of sp³-hybridized carbons (Fsp3) is 0.529. The van der Waals surface area contributed by atoms with Crippen molar-refractivity contribution in [3.05, 3.63) is 29.0 Å². The third-order valence-electron chi connectivity index (χ3n) is 5.08. The highest BCUT2D eigenvalue weighted by Crippen LogP contribution is 2.31. The van der Waals surface area contributed by atoms with E-state index in [0.717, 1.165) is 29.8 Å². The fourth-order valence-electron chi connectivity index (χ4n) is 3.77. The van der Waals surface area contributed by atoms with Crippen LogP contribution in [0.5, 0.6) is 0 Å². The summed E-state index contributed by atoms with van der Waals surface area (Å²) < 4.78 is 0. The Balaban J connectivity index is 1.37. The molecule has 2 aromatic rings. The fourth-order valence-corrected chi connectivity index (χ4v) is 3.94. The molecule has 1 amide bonds. The quantitative estimate of drug-likeness (QED) is 0.905. The van der Waals surface area contributed by atoms with Crippen LogP contribution >= 0.6 is 11.6 Å². The van der Waals surface area contributed by atoms with Crippen LogP contribution in [0.15, 0.2) is 18.2 Å². The molecule has 122 valence electrons. The predicted octanol–water partition coefficient (Wildman–Crippen LogP) is 2.85. The van der Waals surface area contributed by atoms with Crippen LogP contribution in [0, 0.1) is 0 Å². The molecular formula is C17H21ClN4O. The maximum atomic E-state index is 12.4. The van der Waals surface area contributed by atoms with Crippen molar-refractivity contribution < 1.29 is 4.79 Å².